The first kappa shape index (κ1) is 7.79. The van der Waals surface area contributed by atoms with Crippen molar-refractivity contribution in [1.82, 2.24) is 5.16 Å². The van der Waals surface area contributed by atoms with Gasteiger partial charge in [-0.1, -0.05) is 5.16 Å². The maximum atomic E-state index is 10.6. The average Bonchev–Trinajstić information content (AvgIpc) is 2.63. The van der Waals surface area contributed by atoms with Crippen molar-refractivity contribution in [2.24, 2.45) is 0 Å². The molecule has 4 nitrogen and oxygen atoms in total. The van der Waals surface area contributed by atoms with Crippen LogP contribution < -0.4 is 4.74 Å². The Morgan fingerprint density at radius 1 is 1.54 bits per heavy atom. The maximum absolute atomic E-state index is 10.6. The minimum absolute atomic E-state index is 0.435. The smallest absolute Gasteiger partial charge is 0.209 e. The van der Waals surface area contributed by atoms with E-state index in [1.54, 1.807) is 18.3 Å². The molecule has 1 aromatic heterocycles. The Bertz CT molecular complexity index is 447. The molecule has 0 fully saturated rings. The predicted octanol–water partition coefficient (Wildman–Crippen LogP) is 1.65. The summed E-state index contributed by atoms with van der Waals surface area (Å²) >= 11 is 0. The third kappa shape index (κ3) is 1.07. The molecule has 4 heteroatoms. The van der Waals surface area contributed by atoms with Gasteiger partial charge in [-0.3, -0.25) is 4.79 Å². The van der Waals surface area contributed by atoms with E-state index in [0.29, 0.717) is 16.9 Å². The van der Waals surface area contributed by atoms with Crippen molar-refractivity contribution in [2.75, 3.05) is 7.11 Å². The topological polar surface area (TPSA) is 52.3 Å². The van der Waals surface area contributed by atoms with Gasteiger partial charge >= 0.3 is 0 Å². The molecule has 0 atom stereocenters. The summed E-state index contributed by atoms with van der Waals surface area (Å²) in [5.41, 5.74) is 0.971. The standard InChI is InChI=1S/C9H7NO3/c1-12-8-7(5-11)3-2-6-4-10-13-9(6)8/h2-5H,1H3. The molecular weight excluding hydrogens is 170 g/mol. The minimum atomic E-state index is 0.435. The van der Waals surface area contributed by atoms with Crippen molar-refractivity contribution in [2.45, 2.75) is 0 Å². The second-order valence-electron chi connectivity index (χ2n) is 2.55. The Morgan fingerprint density at radius 3 is 3.08 bits per heavy atom. The van der Waals surface area contributed by atoms with Gasteiger partial charge in [-0.05, 0) is 12.1 Å². The molecule has 0 spiro atoms. The number of benzene rings is 1. The van der Waals surface area contributed by atoms with Crippen molar-refractivity contribution in [3.8, 4) is 5.75 Å². The van der Waals surface area contributed by atoms with Gasteiger partial charge in [0, 0.05) is 5.39 Å². The lowest BCUT2D eigenvalue weighted by Gasteiger charge is -2.01. The summed E-state index contributed by atoms with van der Waals surface area (Å²) < 4.78 is 9.99. The fourth-order valence-corrected chi connectivity index (χ4v) is 1.23. The van der Waals surface area contributed by atoms with Gasteiger partial charge in [0.25, 0.3) is 0 Å². The van der Waals surface area contributed by atoms with Gasteiger partial charge in [-0.2, -0.15) is 0 Å². The van der Waals surface area contributed by atoms with Crippen molar-refractivity contribution in [3.63, 3.8) is 0 Å². The summed E-state index contributed by atoms with van der Waals surface area (Å²) in [6.45, 7) is 0. The van der Waals surface area contributed by atoms with Crippen LogP contribution in [0, 0.1) is 0 Å². The largest absolute Gasteiger partial charge is 0.492 e. The van der Waals surface area contributed by atoms with Crippen molar-refractivity contribution in [1.29, 1.82) is 0 Å². The average molecular weight is 177 g/mol. The number of fused-ring (bicyclic) bond motifs is 1. The SMILES string of the molecule is COc1c(C=O)ccc2cnoc12. The monoisotopic (exact) mass is 177 g/mol. The lowest BCUT2D eigenvalue weighted by atomic mass is 10.1. The van der Waals surface area contributed by atoms with Gasteiger partial charge in [0.1, 0.15) is 0 Å². The van der Waals surface area contributed by atoms with Gasteiger partial charge in [0.15, 0.2) is 12.0 Å². The molecule has 0 amide bonds. The Labute approximate surface area is 74.1 Å². The molecule has 0 aliphatic heterocycles. The first-order chi connectivity index (χ1) is 6.36. The number of rotatable bonds is 2. The van der Waals surface area contributed by atoms with Gasteiger partial charge < -0.3 is 9.26 Å². The summed E-state index contributed by atoms with van der Waals surface area (Å²) in [7, 11) is 1.49. The van der Waals surface area contributed by atoms with Crippen LogP contribution in [-0.4, -0.2) is 18.6 Å². The number of carbonyl (C=O) groups is 1. The number of nitrogens with zero attached hydrogens (tertiary/aromatic N) is 1. The highest BCUT2D eigenvalue weighted by atomic mass is 16.5. The van der Waals surface area contributed by atoms with E-state index in [1.165, 1.54) is 7.11 Å². The van der Waals surface area contributed by atoms with Gasteiger partial charge in [0.05, 0.1) is 18.9 Å². The number of ether oxygens (including phenoxy) is 1. The Kier molecular flexibility index (Phi) is 1.73. The molecule has 66 valence electrons. The maximum Gasteiger partial charge on any atom is 0.209 e. The summed E-state index contributed by atoms with van der Waals surface area (Å²) in [6, 6.07) is 3.43. The highest BCUT2D eigenvalue weighted by molar-refractivity contribution is 5.92. The molecule has 0 radical (unpaired) electrons. The zero-order chi connectivity index (χ0) is 9.26. The van der Waals surface area contributed by atoms with Crippen LogP contribution in [0.4, 0.5) is 0 Å². The molecule has 0 aliphatic carbocycles. The summed E-state index contributed by atoms with van der Waals surface area (Å²) in [5, 5.41) is 4.44. The molecular formula is C9H7NO3. The second-order valence-corrected chi connectivity index (χ2v) is 2.55. The molecule has 13 heavy (non-hydrogen) atoms. The van der Waals surface area contributed by atoms with Crippen molar-refractivity contribution in [3.05, 3.63) is 23.9 Å². The highest BCUT2D eigenvalue weighted by Gasteiger charge is 2.10. The molecule has 2 aromatic rings. The molecule has 1 aromatic carbocycles. The van der Waals surface area contributed by atoms with Crippen LogP contribution in [-0.2, 0) is 0 Å². The zero-order valence-electron chi connectivity index (χ0n) is 6.98. The molecule has 0 N–H and O–H groups in total. The van der Waals surface area contributed by atoms with E-state index < -0.39 is 0 Å². The summed E-state index contributed by atoms with van der Waals surface area (Å²) in [5.74, 6) is 0.435. The lowest BCUT2D eigenvalue weighted by Crippen LogP contribution is -1.89. The van der Waals surface area contributed by atoms with Gasteiger partial charge in [-0.15, -0.1) is 0 Å². The first-order valence-corrected chi connectivity index (χ1v) is 3.73. The first-order valence-electron chi connectivity index (χ1n) is 3.73. The minimum Gasteiger partial charge on any atom is -0.492 e. The summed E-state index contributed by atoms with van der Waals surface area (Å²) in [6.07, 6.45) is 2.30. The van der Waals surface area contributed by atoms with E-state index in [-0.39, 0.29) is 0 Å². The molecule has 0 aliphatic rings. The fourth-order valence-electron chi connectivity index (χ4n) is 1.23. The van der Waals surface area contributed by atoms with E-state index in [9.17, 15) is 4.79 Å². The number of hydrogen-bond acceptors (Lipinski definition) is 4. The predicted molar refractivity (Wildman–Crippen MR) is 45.9 cm³/mol. The Balaban J connectivity index is 2.81. The highest BCUT2D eigenvalue weighted by Crippen LogP contribution is 2.28. The quantitative estimate of drug-likeness (QED) is 0.654. The third-order valence-corrected chi connectivity index (χ3v) is 1.84. The zero-order valence-corrected chi connectivity index (χ0v) is 6.98. The summed E-state index contributed by atoms with van der Waals surface area (Å²) in [4.78, 5) is 10.6. The third-order valence-electron chi connectivity index (χ3n) is 1.84. The van der Waals surface area contributed by atoms with Crippen LogP contribution in [0.25, 0.3) is 11.0 Å². The molecule has 2 rings (SSSR count). The molecule has 0 bridgehead atoms. The van der Waals surface area contributed by atoms with Gasteiger partial charge in [-0.25, -0.2) is 0 Å². The van der Waals surface area contributed by atoms with Crippen molar-refractivity contribution < 1.29 is 14.1 Å². The van der Waals surface area contributed by atoms with Crippen LogP contribution in [0.15, 0.2) is 22.9 Å². The second kappa shape index (κ2) is 2.90. The van der Waals surface area contributed by atoms with E-state index in [4.69, 9.17) is 9.26 Å². The fraction of sp³-hybridized carbons (Fsp3) is 0.111. The molecule has 0 saturated heterocycles. The van der Waals surface area contributed by atoms with E-state index in [2.05, 4.69) is 5.16 Å². The van der Waals surface area contributed by atoms with Crippen LogP contribution in [0.1, 0.15) is 10.4 Å². The number of aromatic nitrogens is 1. The van der Waals surface area contributed by atoms with E-state index in [1.807, 2.05) is 0 Å². The molecule has 0 saturated carbocycles. The van der Waals surface area contributed by atoms with Crippen LogP contribution in [0.5, 0.6) is 5.75 Å². The van der Waals surface area contributed by atoms with E-state index >= 15 is 0 Å². The number of methoxy groups -OCH3 is 1. The number of hydrogen-bond donors (Lipinski definition) is 0. The van der Waals surface area contributed by atoms with Crippen LogP contribution >= 0.6 is 0 Å². The normalized spacial score (nSPS) is 10.2. The van der Waals surface area contributed by atoms with Gasteiger partial charge in [0.2, 0.25) is 5.58 Å². The Hall–Kier alpha value is -1.84. The molecule has 0 unspecified atom stereocenters. The van der Waals surface area contributed by atoms with Crippen molar-refractivity contribution >= 4 is 17.3 Å². The molecule has 1 heterocycles. The lowest BCUT2D eigenvalue weighted by molar-refractivity contribution is 0.112. The Morgan fingerprint density at radius 2 is 2.38 bits per heavy atom. The number of aldehydes is 1. The van der Waals surface area contributed by atoms with Crippen LogP contribution in [0.2, 0.25) is 0 Å². The number of carbonyl (C=O) groups excluding carboxylic acids is 1. The van der Waals surface area contributed by atoms with Crippen LogP contribution in [0.3, 0.4) is 0 Å². The van der Waals surface area contributed by atoms with E-state index in [0.717, 1.165) is 11.7 Å².